The number of hydrogen-bond donors (Lipinski definition) is 2. The van der Waals surface area contributed by atoms with Crippen LogP contribution in [-0.4, -0.2) is 25.8 Å². The third-order valence-electron chi connectivity index (χ3n) is 3.07. The SMILES string of the molecule is O=C(O)c1cc(-c2ccnn2-c2ccccc2)c[nH]c1=O. The number of nitrogens with zero attached hydrogens (tertiary/aromatic N) is 2. The maximum atomic E-state index is 11.5. The molecule has 6 nitrogen and oxygen atoms in total. The summed E-state index contributed by atoms with van der Waals surface area (Å²) in [6, 6.07) is 12.5. The minimum atomic E-state index is -1.26. The van der Waals surface area contributed by atoms with Crippen LogP contribution in [0.2, 0.25) is 0 Å². The van der Waals surface area contributed by atoms with Crippen molar-refractivity contribution in [3.8, 4) is 16.9 Å². The van der Waals surface area contributed by atoms with Crippen LogP contribution in [-0.2, 0) is 0 Å². The Bertz CT molecular complexity index is 850. The van der Waals surface area contributed by atoms with Crippen LogP contribution >= 0.6 is 0 Å². The smallest absolute Gasteiger partial charge is 0.341 e. The lowest BCUT2D eigenvalue weighted by Gasteiger charge is -2.07. The van der Waals surface area contributed by atoms with Gasteiger partial charge in [-0.15, -0.1) is 0 Å². The summed E-state index contributed by atoms with van der Waals surface area (Å²) < 4.78 is 1.68. The molecule has 0 spiro atoms. The molecule has 0 aliphatic carbocycles. The van der Waals surface area contributed by atoms with Crippen molar-refractivity contribution in [3.63, 3.8) is 0 Å². The van der Waals surface area contributed by atoms with E-state index < -0.39 is 11.5 Å². The van der Waals surface area contributed by atoms with Gasteiger partial charge in [-0.05, 0) is 24.3 Å². The quantitative estimate of drug-likeness (QED) is 0.767. The number of carboxylic acids is 1. The highest BCUT2D eigenvalue weighted by atomic mass is 16.4. The van der Waals surface area contributed by atoms with Crippen LogP contribution in [0.3, 0.4) is 0 Å². The molecular weight excluding hydrogens is 270 g/mol. The molecule has 0 bridgehead atoms. The summed E-state index contributed by atoms with van der Waals surface area (Å²) in [4.78, 5) is 25.0. The van der Waals surface area contributed by atoms with Crippen molar-refractivity contribution in [1.29, 1.82) is 0 Å². The number of hydrogen-bond acceptors (Lipinski definition) is 3. The molecule has 0 atom stereocenters. The zero-order valence-electron chi connectivity index (χ0n) is 10.9. The largest absolute Gasteiger partial charge is 0.477 e. The van der Waals surface area contributed by atoms with Gasteiger partial charge in [-0.25, -0.2) is 9.48 Å². The molecule has 0 unspecified atom stereocenters. The molecule has 0 aliphatic rings. The Labute approximate surface area is 119 Å². The maximum Gasteiger partial charge on any atom is 0.341 e. The Morgan fingerprint density at radius 2 is 1.95 bits per heavy atom. The number of aromatic amines is 1. The highest BCUT2D eigenvalue weighted by Crippen LogP contribution is 2.21. The lowest BCUT2D eigenvalue weighted by molar-refractivity contribution is 0.0695. The van der Waals surface area contributed by atoms with E-state index in [1.807, 2.05) is 30.3 Å². The zero-order valence-corrected chi connectivity index (χ0v) is 10.9. The van der Waals surface area contributed by atoms with Gasteiger partial charge in [0, 0.05) is 11.8 Å². The maximum absolute atomic E-state index is 11.5. The van der Waals surface area contributed by atoms with E-state index in [-0.39, 0.29) is 5.56 Å². The minimum Gasteiger partial charge on any atom is -0.477 e. The number of nitrogens with one attached hydrogen (secondary N) is 1. The van der Waals surface area contributed by atoms with Gasteiger partial charge in [0.05, 0.1) is 17.6 Å². The predicted octanol–water partition coefficient (Wildman–Crippen LogP) is 1.93. The molecule has 21 heavy (non-hydrogen) atoms. The van der Waals surface area contributed by atoms with Crippen molar-refractivity contribution in [2.75, 3.05) is 0 Å². The summed E-state index contributed by atoms with van der Waals surface area (Å²) >= 11 is 0. The van der Waals surface area contributed by atoms with Gasteiger partial charge in [0.15, 0.2) is 0 Å². The average Bonchev–Trinajstić information content (AvgIpc) is 2.98. The highest BCUT2D eigenvalue weighted by molar-refractivity contribution is 5.88. The summed E-state index contributed by atoms with van der Waals surface area (Å²) in [6.07, 6.45) is 3.10. The van der Waals surface area contributed by atoms with Crippen molar-refractivity contribution < 1.29 is 9.90 Å². The van der Waals surface area contributed by atoms with Gasteiger partial charge < -0.3 is 10.1 Å². The molecule has 1 aromatic carbocycles. The lowest BCUT2D eigenvalue weighted by Crippen LogP contribution is -2.17. The molecular formula is C15H11N3O3. The van der Waals surface area contributed by atoms with E-state index in [0.29, 0.717) is 11.3 Å². The highest BCUT2D eigenvalue weighted by Gasteiger charge is 2.13. The third kappa shape index (κ3) is 2.34. The number of carbonyl (C=O) groups is 1. The second-order valence-corrected chi connectivity index (χ2v) is 4.40. The van der Waals surface area contributed by atoms with E-state index in [1.54, 1.807) is 16.9 Å². The molecule has 104 valence electrons. The number of pyridine rings is 1. The van der Waals surface area contributed by atoms with Crippen LogP contribution in [0.5, 0.6) is 0 Å². The molecule has 0 amide bonds. The topological polar surface area (TPSA) is 88.0 Å². The Hall–Kier alpha value is -3.15. The van der Waals surface area contributed by atoms with E-state index in [4.69, 9.17) is 5.11 Å². The van der Waals surface area contributed by atoms with Crippen LogP contribution in [0.1, 0.15) is 10.4 Å². The number of rotatable bonds is 3. The van der Waals surface area contributed by atoms with Gasteiger partial charge in [-0.2, -0.15) is 5.10 Å². The fourth-order valence-corrected chi connectivity index (χ4v) is 2.09. The van der Waals surface area contributed by atoms with Crippen molar-refractivity contribution in [3.05, 3.63) is 70.8 Å². The second-order valence-electron chi connectivity index (χ2n) is 4.40. The first-order valence-corrected chi connectivity index (χ1v) is 6.22. The summed E-state index contributed by atoms with van der Waals surface area (Å²) in [6.45, 7) is 0. The van der Waals surface area contributed by atoms with E-state index in [9.17, 15) is 9.59 Å². The van der Waals surface area contributed by atoms with Gasteiger partial charge in [-0.1, -0.05) is 18.2 Å². The van der Waals surface area contributed by atoms with Gasteiger partial charge in [-0.3, -0.25) is 4.79 Å². The Morgan fingerprint density at radius 3 is 2.67 bits per heavy atom. The van der Waals surface area contributed by atoms with Crippen LogP contribution in [0, 0.1) is 0 Å². The molecule has 0 saturated carbocycles. The van der Waals surface area contributed by atoms with Gasteiger partial charge in [0.2, 0.25) is 0 Å². The van der Waals surface area contributed by atoms with Gasteiger partial charge >= 0.3 is 5.97 Å². The Morgan fingerprint density at radius 1 is 1.19 bits per heavy atom. The molecule has 3 rings (SSSR count). The molecule has 2 aromatic heterocycles. The lowest BCUT2D eigenvalue weighted by atomic mass is 10.1. The first-order valence-electron chi connectivity index (χ1n) is 6.22. The van der Waals surface area contributed by atoms with Crippen LogP contribution < -0.4 is 5.56 Å². The first kappa shape index (κ1) is 12.9. The number of benzene rings is 1. The Kier molecular flexibility index (Phi) is 3.12. The third-order valence-corrected chi connectivity index (χ3v) is 3.07. The van der Waals surface area contributed by atoms with Gasteiger partial charge in [0.1, 0.15) is 5.56 Å². The van der Waals surface area contributed by atoms with Crippen LogP contribution in [0.15, 0.2) is 59.7 Å². The van der Waals surface area contributed by atoms with Crippen LogP contribution in [0.25, 0.3) is 16.9 Å². The zero-order chi connectivity index (χ0) is 14.8. The Balaban J connectivity index is 2.15. The summed E-state index contributed by atoms with van der Waals surface area (Å²) in [5, 5.41) is 13.3. The molecule has 3 aromatic rings. The fourth-order valence-electron chi connectivity index (χ4n) is 2.09. The van der Waals surface area contributed by atoms with E-state index in [2.05, 4.69) is 10.1 Å². The van der Waals surface area contributed by atoms with Crippen molar-refractivity contribution in [2.45, 2.75) is 0 Å². The number of H-pyrrole nitrogens is 1. The number of aromatic nitrogens is 3. The summed E-state index contributed by atoms with van der Waals surface area (Å²) in [5.74, 6) is -1.26. The second kappa shape index (κ2) is 5.09. The number of carboxylic acid groups (broad SMARTS) is 1. The molecule has 6 heteroatoms. The summed E-state index contributed by atoms with van der Waals surface area (Å²) in [5.41, 5.74) is 1.19. The number of para-hydroxylation sites is 1. The molecule has 0 fully saturated rings. The van der Waals surface area contributed by atoms with Crippen LogP contribution in [0.4, 0.5) is 0 Å². The standard InChI is InChI=1S/C15H11N3O3/c19-14-12(15(20)21)8-10(9-16-14)13-6-7-17-18(13)11-4-2-1-3-5-11/h1-9H,(H,16,19)(H,20,21). The van der Waals surface area contributed by atoms with Gasteiger partial charge in [0.25, 0.3) is 5.56 Å². The molecule has 0 saturated heterocycles. The normalized spacial score (nSPS) is 10.5. The minimum absolute atomic E-state index is 0.298. The molecule has 0 radical (unpaired) electrons. The molecule has 2 heterocycles. The molecule has 0 aliphatic heterocycles. The number of aromatic carboxylic acids is 1. The fraction of sp³-hybridized carbons (Fsp3) is 0. The first-order chi connectivity index (χ1) is 10.2. The summed E-state index contributed by atoms with van der Waals surface area (Å²) in [7, 11) is 0. The van der Waals surface area contributed by atoms with E-state index in [1.165, 1.54) is 12.3 Å². The predicted molar refractivity (Wildman–Crippen MR) is 76.6 cm³/mol. The van der Waals surface area contributed by atoms with Crippen molar-refractivity contribution in [2.24, 2.45) is 0 Å². The van der Waals surface area contributed by atoms with Crippen molar-refractivity contribution >= 4 is 5.97 Å². The molecule has 2 N–H and O–H groups in total. The van der Waals surface area contributed by atoms with E-state index in [0.717, 1.165) is 5.69 Å². The average molecular weight is 281 g/mol. The van der Waals surface area contributed by atoms with E-state index >= 15 is 0 Å². The van der Waals surface area contributed by atoms with Crippen molar-refractivity contribution in [1.82, 2.24) is 14.8 Å². The monoisotopic (exact) mass is 281 g/mol.